The van der Waals surface area contributed by atoms with E-state index in [0.717, 1.165) is 16.8 Å². The summed E-state index contributed by atoms with van der Waals surface area (Å²) >= 11 is 0. The Morgan fingerprint density at radius 3 is 2.59 bits per heavy atom. The first-order valence-corrected chi connectivity index (χ1v) is 9.30. The van der Waals surface area contributed by atoms with E-state index in [2.05, 4.69) is 15.3 Å². The van der Waals surface area contributed by atoms with Crippen molar-refractivity contribution in [1.82, 2.24) is 28.9 Å². The fourth-order valence-corrected chi connectivity index (χ4v) is 3.57. The molecule has 5 aromatic rings. The van der Waals surface area contributed by atoms with Crippen LogP contribution < -0.4 is 5.56 Å². The van der Waals surface area contributed by atoms with Crippen LogP contribution in [-0.2, 0) is 13.1 Å². The molecule has 0 bridgehead atoms. The van der Waals surface area contributed by atoms with Crippen molar-refractivity contribution in [3.8, 4) is 11.3 Å². The topological polar surface area (TPSA) is 70.0 Å². The summed E-state index contributed by atoms with van der Waals surface area (Å²) < 4.78 is 18.4. The SMILES string of the molecule is CCn1c(=O)c2ccccc2n2c(Cn3ccc(-c4ccc(F)cc4)n3)nnc12. The monoisotopic (exact) mass is 388 g/mol. The van der Waals surface area contributed by atoms with Crippen LogP contribution in [0.15, 0.2) is 65.6 Å². The smallest absolute Gasteiger partial charge is 0.262 e. The Bertz CT molecular complexity index is 1400. The average Bonchev–Trinajstić information content (AvgIpc) is 3.37. The molecule has 0 spiro atoms. The summed E-state index contributed by atoms with van der Waals surface area (Å²) in [5, 5.41) is 13.8. The Hall–Kier alpha value is -3.81. The Morgan fingerprint density at radius 1 is 1.00 bits per heavy atom. The molecule has 7 nitrogen and oxygen atoms in total. The van der Waals surface area contributed by atoms with Gasteiger partial charge in [-0.15, -0.1) is 10.2 Å². The summed E-state index contributed by atoms with van der Waals surface area (Å²) in [5.74, 6) is 0.904. The van der Waals surface area contributed by atoms with Crippen molar-refractivity contribution in [2.75, 3.05) is 0 Å². The molecule has 29 heavy (non-hydrogen) atoms. The number of halogens is 1. The van der Waals surface area contributed by atoms with Crippen LogP contribution in [0, 0.1) is 5.82 Å². The fraction of sp³-hybridized carbons (Fsp3) is 0.143. The number of nitrogens with zero attached hydrogens (tertiary/aromatic N) is 6. The first-order valence-electron chi connectivity index (χ1n) is 9.30. The van der Waals surface area contributed by atoms with Gasteiger partial charge in [0, 0.05) is 18.3 Å². The van der Waals surface area contributed by atoms with E-state index in [1.54, 1.807) is 21.4 Å². The number of rotatable bonds is 4. The van der Waals surface area contributed by atoms with Crippen molar-refractivity contribution in [2.24, 2.45) is 0 Å². The number of aromatic nitrogens is 6. The molecule has 0 saturated heterocycles. The molecule has 8 heteroatoms. The quantitative estimate of drug-likeness (QED) is 0.474. The lowest BCUT2D eigenvalue weighted by molar-refractivity contribution is 0.628. The standard InChI is InChI=1S/C21H17FN6O/c1-2-27-20(29)16-5-3-4-6-18(16)28-19(23-24-21(27)28)13-26-12-11-17(25-26)14-7-9-15(22)10-8-14/h3-12H,2,13H2,1H3. The van der Waals surface area contributed by atoms with E-state index in [-0.39, 0.29) is 11.4 Å². The third-order valence-electron chi connectivity index (χ3n) is 4.98. The van der Waals surface area contributed by atoms with E-state index < -0.39 is 0 Å². The largest absolute Gasteiger partial charge is 0.277 e. The molecule has 0 amide bonds. The van der Waals surface area contributed by atoms with E-state index >= 15 is 0 Å². The van der Waals surface area contributed by atoms with Gasteiger partial charge in [-0.2, -0.15) is 5.10 Å². The van der Waals surface area contributed by atoms with Crippen LogP contribution in [0.4, 0.5) is 4.39 Å². The van der Waals surface area contributed by atoms with E-state index in [4.69, 9.17) is 0 Å². The number of aryl methyl sites for hydroxylation is 1. The zero-order valence-electron chi connectivity index (χ0n) is 15.7. The summed E-state index contributed by atoms with van der Waals surface area (Å²) in [7, 11) is 0. The van der Waals surface area contributed by atoms with E-state index in [0.29, 0.717) is 30.1 Å². The molecule has 3 heterocycles. The van der Waals surface area contributed by atoms with Gasteiger partial charge < -0.3 is 0 Å². The highest BCUT2D eigenvalue weighted by molar-refractivity contribution is 5.80. The summed E-state index contributed by atoms with van der Waals surface area (Å²) in [6.45, 7) is 2.79. The van der Waals surface area contributed by atoms with Crippen LogP contribution in [0.1, 0.15) is 12.7 Å². The van der Waals surface area contributed by atoms with Gasteiger partial charge in [-0.05, 0) is 49.4 Å². The molecule has 0 aliphatic rings. The van der Waals surface area contributed by atoms with Crippen LogP contribution in [0.5, 0.6) is 0 Å². The maximum atomic E-state index is 13.2. The molecule has 144 valence electrons. The zero-order valence-corrected chi connectivity index (χ0v) is 15.7. The van der Waals surface area contributed by atoms with Crippen molar-refractivity contribution in [2.45, 2.75) is 20.0 Å². The van der Waals surface area contributed by atoms with Crippen LogP contribution in [-0.4, -0.2) is 28.9 Å². The maximum Gasteiger partial charge on any atom is 0.262 e. The van der Waals surface area contributed by atoms with Gasteiger partial charge in [0.1, 0.15) is 12.4 Å². The molecule has 0 atom stereocenters. The minimum Gasteiger partial charge on any atom is -0.277 e. The third-order valence-corrected chi connectivity index (χ3v) is 4.98. The molecule has 2 aromatic carbocycles. The molecule has 0 unspecified atom stereocenters. The van der Waals surface area contributed by atoms with Crippen molar-refractivity contribution >= 4 is 16.7 Å². The number of hydrogen-bond acceptors (Lipinski definition) is 4. The van der Waals surface area contributed by atoms with E-state index in [1.807, 2.05) is 47.9 Å². The van der Waals surface area contributed by atoms with E-state index in [1.165, 1.54) is 12.1 Å². The highest BCUT2D eigenvalue weighted by atomic mass is 19.1. The number of benzene rings is 2. The van der Waals surface area contributed by atoms with Crippen LogP contribution in [0.25, 0.3) is 27.9 Å². The van der Waals surface area contributed by atoms with Gasteiger partial charge in [-0.3, -0.25) is 18.4 Å². The van der Waals surface area contributed by atoms with Crippen LogP contribution in [0.3, 0.4) is 0 Å². The van der Waals surface area contributed by atoms with Gasteiger partial charge in [0.2, 0.25) is 5.78 Å². The second-order valence-electron chi connectivity index (χ2n) is 6.72. The van der Waals surface area contributed by atoms with Crippen molar-refractivity contribution in [1.29, 1.82) is 0 Å². The minimum absolute atomic E-state index is 0.0766. The second kappa shape index (κ2) is 6.66. The van der Waals surface area contributed by atoms with Crippen molar-refractivity contribution in [3.05, 3.63) is 82.8 Å². The highest BCUT2D eigenvalue weighted by Crippen LogP contribution is 2.19. The third kappa shape index (κ3) is 2.80. The van der Waals surface area contributed by atoms with E-state index in [9.17, 15) is 9.18 Å². The van der Waals surface area contributed by atoms with Crippen molar-refractivity contribution in [3.63, 3.8) is 0 Å². The highest BCUT2D eigenvalue weighted by Gasteiger charge is 2.16. The van der Waals surface area contributed by atoms with Gasteiger partial charge >= 0.3 is 0 Å². The molecule has 0 aliphatic heterocycles. The molecule has 0 N–H and O–H groups in total. The normalized spacial score (nSPS) is 11.5. The number of para-hydroxylation sites is 1. The Kier molecular flexibility index (Phi) is 3.97. The molecular weight excluding hydrogens is 371 g/mol. The summed E-state index contributed by atoms with van der Waals surface area (Å²) in [6, 6.07) is 15.5. The lowest BCUT2D eigenvalue weighted by atomic mass is 10.1. The first-order chi connectivity index (χ1) is 14.2. The second-order valence-corrected chi connectivity index (χ2v) is 6.72. The Balaban J connectivity index is 1.61. The van der Waals surface area contributed by atoms with Gasteiger partial charge in [0.05, 0.1) is 16.6 Å². The predicted molar refractivity (Wildman–Crippen MR) is 107 cm³/mol. The first kappa shape index (κ1) is 17.3. The predicted octanol–water partition coefficient (Wildman–Crippen LogP) is 3.12. The minimum atomic E-state index is -0.281. The fourth-order valence-electron chi connectivity index (χ4n) is 3.57. The molecule has 0 radical (unpaired) electrons. The van der Waals surface area contributed by atoms with Gasteiger partial charge in [0.15, 0.2) is 5.82 Å². The van der Waals surface area contributed by atoms with Gasteiger partial charge in [0.25, 0.3) is 5.56 Å². The molecule has 3 aromatic heterocycles. The van der Waals surface area contributed by atoms with Crippen molar-refractivity contribution < 1.29 is 4.39 Å². The summed E-state index contributed by atoms with van der Waals surface area (Å²) in [4.78, 5) is 12.8. The lowest BCUT2D eigenvalue weighted by Crippen LogP contribution is -2.23. The summed E-state index contributed by atoms with van der Waals surface area (Å²) in [5.41, 5.74) is 2.27. The van der Waals surface area contributed by atoms with Gasteiger partial charge in [-0.1, -0.05) is 12.1 Å². The van der Waals surface area contributed by atoms with Gasteiger partial charge in [-0.25, -0.2) is 4.39 Å². The lowest BCUT2D eigenvalue weighted by Gasteiger charge is -2.09. The Morgan fingerprint density at radius 2 is 1.79 bits per heavy atom. The number of fused-ring (bicyclic) bond motifs is 3. The maximum absolute atomic E-state index is 13.2. The molecular formula is C21H17FN6O. The van der Waals surface area contributed by atoms with Crippen LogP contribution >= 0.6 is 0 Å². The molecule has 0 fully saturated rings. The molecule has 0 saturated carbocycles. The average molecular weight is 388 g/mol. The molecule has 5 rings (SSSR count). The zero-order chi connectivity index (χ0) is 20.0. The molecule has 0 aliphatic carbocycles. The summed E-state index contributed by atoms with van der Waals surface area (Å²) in [6.07, 6.45) is 1.85. The Labute approximate surface area is 164 Å². The number of hydrogen-bond donors (Lipinski definition) is 0. The van der Waals surface area contributed by atoms with Crippen LogP contribution in [0.2, 0.25) is 0 Å².